The van der Waals surface area contributed by atoms with Crippen LogP contribution in [0.2, 0.25) is 5.02 Å². The number of ether oxygens (including phenoxy) is 1. The van der Waals surface area contributed by atoms with Gasteiger partial charge in [-0.25, -0.2) is 8.42 Å². The summed E-state index contributed by atoms with van der Waals surface area (Å²) in [7, 11) is -3.62. The van der Waals surface area contributed by atoms with Gasteiger partial charge >= 0.3 is 5.97 Å². The summed E-state index contributed by atoms with van der Waals surface area (Å²) in [6.45, 7) is 5.72. The van der Waals surface area contributed by atoms with Crippen molar-refractivity contribution in [3.8, 4) is 0 Å². The molecular formula is C22H27ClN2O4S. The lowest BCUT2D eigenvalue weighted by atomic mass is 10.1. The van der Waals surface area contributed by atoms with Gasteiger partial charge in [0.2, 0.25) is 10.0 Å². The predicted octanol–water partition coefficient (Wildman–Crippen LogP) is 3.48. The first-order valence-electron chi connectivity index (χ1n) is 10.0. The highest BCUT2D eigenvalue weighted by Gasteiger charge is 2.35. The van der Waals surface area contributed by atoms with Gasteiger partial charge in [-0.3, -0.25) is 9.69 Å². The lowest BCUT2D eigenvalue weighted by Gasteiger charge is -2.40. The summed E-state index contributed by atoms with van der Waals surface area (Å²) in [5.74, 6) is -0.321. The second kappa shape index (κ2) is 9.92. The third-order valence-corrected chi connectivity index (χ3v) is 7.36. The number of carbonyl (C=O) groups is 1. The summed E-state index contributed by atoms with van der Waals surface area (Å²) in [4.78, 5) is 14.6. The van der Waals surface area contributed by atoms with E-state index in [4.69, 9.17) is 16.3 Å². The number of piperazine rings is 1. The predicted molar refractivity (Wildman–Crippen MR) is 117 cm³/mol. The maximum absolute atomic E-state index is 13.1. The zero-order valence-electron chi connectivity index (χ0n) is 17.3. The van der Waals surface area contributed by atoms with Gasteiger partial charge in [0.15, 0.2) is 0 Å². The minimum Gasteiger partial charge on any atom is -0.466 e. The maximum atomic E-state index is 13.1. The second-order valence-corrected chi connectivity index (χ2v) is 9.81. The molecule has 30 heavy (non-hydrogen) atoms. The number of hydrogen-bond acceptors (Lipinski definition) is 5. The molecule has 1 heterocycles. The van der Waals surface area contributed by atoms with Crippen molar-refractivity contribution in [2.24, 2.45) is 0 Å². The van der Waals surface area contributed by atoms with E-state index in [1.54, 1.807) is 31.2 Å². The van der Waals surface area contributed by atoms with Crippen LogP contribution in [0.3, 0.4) is 0 Å². The van der Waals surface area contributed by atoms with Crippen LogP contribution in [0.4, 0.5) is 0 Å². The minimum atomic E-state index is -3.62. The number of nitrogens with zero attached hydrogens (tertiary/aromatic N) is 2. The van der Waals surface area contributed by atoms with Crippen molar-refractivity contribution in [3.63, 3.8) is 0 Å². The van der Waals surface area contributed by atoms with Gasteiger partial charge in [-0.1, -0.05) is 41.4 Å². The number of aryl methyl sites for hydroxylation is 1. The molecular weight excluding hydrogens is 424 g/mol. The van der Waals surface area contributed by atoms with Crippen LogP contribution in [0.5, 0.6) is 0 Å². The van der Waals surface area contributed by atoms with Crippen LogP contribution >= 0.6 is 11.6 Å². The summed E-state index contributed by atoms with van der Waals surface area (Å²) in [6.07, 6.45) is 0.140. The van der Waals surface area contributed by atoms with Crippen LogP contribution in [-0.4, -0.2) is 55.9 Å². The van der Waals surface area contributed by atoms with E-state index in [0.29, 0.717) is 31.3 Å². The number of hydrogen-bond donors (Lipinski definition) is 0. The molecule has 1 fully saturated rings. The summed E-state index contributed by atoms with van der Waals surface area (Å²) >= 11 is 5.98. The first kappa shape index (κ1) is 22.7. The van der Waals surface area contributed by atoms with Gasteiger partial charge in [0.05, 0.1) is 17.9 Å². The summed E-state index contributed by atoms with van der Waals surface area (Å²) < 4.78 is 32.9. The Morgan fingerprint density at radius 2 is 1.77 bits per heavy atom. The molecule has 0 radical (unpaired) electrons. The van der Waals surface area contributed by atoms with Crippen molar-refractivity contribution in [3.05, 3.63) is 64.7 Å². The number of halogens is 1. The van der Waals surface area contributed by atoms with Crippen molar-refractivity contribution >= 4 is 27.6 Å². The zero-order valence-corrected chi connectivity index (χ0v) is 18.8. The van der Waals surface area contributed by atoms with Gasteiger partial charge in [0.1, 0.15) is 0 Å². The molecule has 2 aromatic rings. The molecule has 0 N–H and O–H groups in total. The van der Waals surface area contributed by atoms with E-state index >= 15 is 0 Å². The number of sulfonamides is 1. The van der Waals surface area contributed by atoms with E-state index in [9.17, 15) is 13.2 Å². The number of esters is 1. The van der Waals surface area contributed by atoms with Gasteiger partial charge in [-0.2, -0.15) is 4.31 Å². The molecule has 0 spiro atoms. The Kier molecular flexibility index (Phi) is 7.52. The SMILES string of the molecule is CCOC(=O)CC1CN(S(=O)(=O)c2ccc(C)cc2)CCN1Cc1ccc(Cl)cc1. The number of rotatable bonds is 7. The second-order valence-electron chi connectivity index (χ2n) is 7.44. The maximum Gasteiger partial charge on any atom is 0.307 e. The highest BCUT2D eigenvalue weighted by atomic mass is 35.5. The molecule has 1 saturated heterocycles. The van der Waals surface area contributed by atoms with E-state index in [0.717, 1.165) is 11.1 Å². The molecule has 0 aromatic heterocycles. The average molecular weight is 451 g/mol. The van der Waals surface area contributed by atoms with Gasteiger partial charge in [0.25, 0.3) is 0 Å². The standard InChI is InChI=1S/C22H27ClN2O4S/c1-3-29-22(26)14-20-16-25(30(27,28)21-10-4-17(2)5-11-21)13-12-24(20)15-18-6-8-19(23)9-7-18/h4-11,20H,3,12-16H2,1-2H3. The van der Waals surface area contributed by atoms with Gasteiger partial charge < -0.3 is 4.74 Å². The molecule has 8 heteroatoms. The van der Waals surface area contributed by atoms with E-state index in [-0.39, 0.29) is 29.9 Å². The van der Waals surface area contributed by atoms with Crippen LogP contribution in [-0.2, 0) is 26.1 Å². The van der Waals surface area contributed by atoms with Crippen LogP contribution in [0, 0.1) is 6.92 Å². The van der Waals surface area contributed by atoms with Crippen LogP contribution in [0.25, 0.3) is 0 Å². The molecule has 1 atom stereocenters. The number of carbonyl (C=O) groups excluding carboxylic acids is 1. The average Bonchev–Trinajstić information content (AvgIpc) is 2.71. The molecule has 6 nitrogen and oxygen atoms in total. The molecule has 3 rings (SSSR count). The zero-order chi connectivity index (χ0) is 21.7. The Labute approximate surface area is 183 Å². The van der Waals surface area contributed by atoms with Crippen molar-refractivity contribution in [1.82, 2.24) is 9.21 Å². The molecule has 0 amide bonds. The fraction of sp³-hybridized carbons (Fsp3) is 0.409. The van der Waals surface area contributed by atoms with E-state index < -0.39 is 10.0 Å². The third kappa shape index (κ3) is 5.60. The summed E-state index contributed by atoms with van der Waals surface area (Å²) in [5, 5.41) is 0.663. The first-order valence-corrected chi connectivity index (χ1v) is 11.8. The van der Waals surface area contributed by atoms with Crippen LogP contribution < -0.4 is 0 Å². The highest BCUT2D eigenvalue weighted by molar-refractivity contribution is 7.89. The fourth-order valence-corrected chi connectivity index (χ4v) is 5.17. The first-order chi connectivity index (χ1) is 14.3. The lowest BCUT2D eigenvalue weighted by Crippen LogP contribution is -2.54. The highest BCUT2D eigenvalue weighted by Crippen LogP contribution is 2.24. The molecule has 0 aliphatic carbocycles. The van der Waals surface area contributed by atoms with Crippen LogP contribution in [0.1, 0.15) is 24.5 Å². The summed E-state index contributed by atoms with van der Waals surface area (Å²) in [5.41, 5.74) is 2.06. The van der Waals surface area contributed by atoms with E-state index in [2.05, 4.69) is 4.90 Å². The van der Waals surface area contributed by atoms with Gasteiger partial charge in [0, 0.05) is 37.2 Å². The van der Waals surface area contributed by atoms with Crippen molar-refractivity contribution in [2.75, 3.05) is 26.2 Å². The third-order valence-electron chi connectivity index (χ3n) is 5.23. The molecule has 1 aliphatic heterocycles. The fourth-order valence-electron chi connectivity index (χ4n) is 3.58. The van der Waals surface area contributed by atoms with Crippen molar-refractivity contribution in [2.45, 2.75) is 37.8 Å². The lowest BCUT2D eigenvalue weighted by molar-refractivity contribution is -0.145. The molecule has 162 valence electrons. The Hall–Kier alpha value is -1.93. The van der Waals surface area contributed by atoms with Gasteiger partial charge in [-0.15, -0.1) is 0 Å². The molecule has 1 aliphatic rings. The van der Waals surface area contributed by atoms with E-state index in [1.807, 2.05) is 31.2 Å². The van der Waals surface area contributed by atoms with Gasteiger partial charge in [-0.05, 0) is 43.7 Å². The normalized spacial score (nSPS) is 18.3. The van der Waals surface area contributed by atoms with Crippen LogP contribution in [0.15, 0.2) is 53.4 Å². The molecule has 1 unspecified atom stereocenters. The number of benzene rings is 2. The van der Waals surface area contributed by atoms with E-state index in [1.165, 1.54) is 4.31 Å². The largest absolute Gasteiger partial charge is 0.466 e. The monoisotopic (exact) mass is 450 g/mol. The quantitative estimate of drug-likeness (QED) is 0.604. The van der Waals surface area contributed by atoms with Crippen molar-refractivity contribution in [1.29, 1.82) is 0 Å². The molecule has 2 aromatic carbocycles. The smallest absolute Gasteiger partial charge is 0.307 e. The minimum absolute atomic E-state index is 0.140. The Morgan fingerprint density at radius 1 is 1.10 bits per heavy atom. The Morgan fingerprint density at radius 3 is 2.40 bits per heavy atom. The summed E-state index contributed by atoms with van der Waals surface area (Å²) in [6, 6.07) is 14.1. The Bertz CT molecular complexity index is 962. The van der Waals surface area contributed by atoms with Crippen molar-refractivity contribution < 1.29 is 17.9 Å². The molecule has 0 bridgehead atoms. The Balaban J connectivity index is 1.79. The topological polar surface area (TPSA) is 66.9 Å². The molecule has 0 saturated carbocycles.